The van der Waals surface area contributed by atoms with E-state index >= 15 is 0 Å². The normalized spacial score (nSPS) is 7.78. The van der Waals surface area contributed by atoms with Gasteiger partial charge in [0.25, 0.3) is 0 Å². The Balaban J connectivity index is -0.000000255. The number of benzene rings is 2. The minimum Gasteiger partial charge on any atom is -0.103 e. The molecule has 0 aliphatic heterocycles. The summed E-state index contributed by atoms with van der Waals surface area (Å²) in [6.45, 7) is 15.3. The highest BCUT2D eigenvalue weighted by molar-refractivity contribution is 9.10. The van der Waals surface area contributed by atoms with Crippen molar-refractivity contribution in [3.8, 4) is 0 Å². The van der Waals surface area contributed by atoms with E-state index < -0.39 is 0 Å². The van der Waals surface area contributed by atoms with Crippen LogP contribution in [0.3, 0.4) is 0 Å². The van der Waals surface area contributed by atoms with Gasteiger partial charge in [0.15, 0.2) is 0 Å². The molecule has 0 saturated carbocycles. The van der Waals surface area contributed by atoms with E-state index in [2.05, 4.69) is 40.7 Å². The highest BCUT2D eigenvalue weighted by atomic mass is 79.9. The molecule has 0 aromatic heterocycles. The van der Waals surface area contributed by atoms with E-state index in [1.54, 1.807) is 6.08 Å². The maximum atomic E-state index is 3.36. The van der Waals surface area contributed by atoms with Crippen molar-refractivity contribution >= 4 is 22.0 Å². The second-order valence-electron chi connectivity index (χ2n) is 3.61. The average Bonchev–Trinajstić information content (AvgIpc) is 2.62. The summed E-state index contributed by atoms with van der Waals surface area (Å²) in [6.07, 6.45) is 5.87. The van der Waals surface area contributed by atoms with Crippen LogP contribution in [0.4, 0.5) is 0 Å². The lowest BCUT2D eigenvalue weighted by molar-refractivity contribution is 1.50. The van der Waals surface area contributed by atoms with Gasteiger partial charge in [-0.3, -0.25) is 0 Å². The Morgan fingerprint density at radius 3 is 1.35 bits per heavy atom. The molecular formula is C22H33Br. The standard InChI is InChI=1S/C9H10.C6H5Br.C3H6.2C2H6/c1-2-6-9-7-4-3-5-8-9;7-6-4-2-1-3-5-6;1-3-2;2*1-2/h2-8H,1H3;1-5H;3H,1H2,2H3;2*1-2H3/b6-2+;;;;. The van der Waals surface area contributed by atoms with Crippen molar-refractivity contribution in [3.05, 3.63) is 89.4 Å². The maximum absolute atomic E-state index is 3.36. The van der Waals surface area contributed by atoms with Crippen LogP contribution in [0.5, 0.6) is 0 Å². The topological polar surface area (TPSA) is 0 Å². The first-order valence-corrected chi connectivity index (χ1v) is 8.99. The van der Waals surface area contributed by atoms with Gasteiger partial charge in [0.1, 0.15) is 0 Å². The van der Waals surface area contributed by atoms with Crippen LogP contribution in [-0.2, 0) is 0 Å². The van der Waals surface area contributed by atoms with Crippen LogP contribution in [-0.4, -0.2) is 0 Å². The van der Waals surface area contributed by atoms with Crippen molar-refractivity contribution < 1.29 is 0 Å². The number of hydrogen-bond acceptors (Lipinski definition) is 0. The van der Waals surface area contributed by atoms with Gasteiger partial charge in [-0.1, -0.05) is 110 Å². The predicted octanol–water partition coefficient (Wildman–Crippen LogP) is 8.41. The Hall–Kier alpha value is -1.60. The highest BCUT2D eigenvalue weighted by Gasteiger charge is 1.77. The van der Waals surface area contributed by atoms with Gasteiger partial charge in [-0.15, -0.1) is 6.58 Å². The van der Waals surface area contributed by atoms with Crippen molar-refractivity contribution in [3.63, 3.8) is 0 Å². The Bertz CT molecular complexity index is 444. The Morgan fingerprint density at radius 1 is 0.739 bits per heavy atom. The van der Waals surface area contributed by atoms with Crippen LogP contribution < -0.4 is 0 Å². The van der Waals surface area contributed by atoms with E-state index in [1.165, 1.54) is 5.56 Å². The van der Waals surface area contributed by atoms with E-state index in [9.17, 15) is 0 Å². The van der Waals surface area contributed by atoms with E-state index in [-0.39, 0.29) is 0 Å². The molecule has 1 heteroatoms. The summed E-state index contributed by atoms with van der Waals surface area (Å²) in [5.74, 6) is 0. The van der Waals surface area contributed by atoms with Crippen LogP contribution in [0.2, 0.25) is 0 Å². The van der Waals surface area contributed by atoms with E-state index in [1.807, 2.05) is 96.1 Å². The molecule has 0 fully saturated rings. The molecule has 128 valence electrons. The Morgan fingerprint density at radius 2 is 1.09 bits per heavy atom. The van der Waals surface area contributed by atoms with E-state index in [0.717, 1.165) is 4.47 Å². The molecule has 2 aromatic rings. The van der Waals surface area contributed by atoms with Crippen molar-refractivity contribution in [1.29, 1.82) is 0 Å². The molecule has 0 radical (unpaired) electrons. The quantitative estimate of drug-likeness (QED) is 0.438. The van der Waals surface area contributed by atoms with Gasteiger partial charge in [-0.05, 0) is 31.5 Å². The first-order chi connectivity index (χ1) is 11.2. The first kappa shape index (κ1) is 26.3. The minimum atomic E-state index is 1.13. The fraction of sp³-hybridized carbons (Fsp3) is 0.273. The molecule has 0 saturated heterocycles. The summed E-state index contributed by atoms with van der Waals surface area (Å²) in [6, 6.07) is 20.2. The zero-order valence-corrected chi connectivity index (χ0v) is 17.2. The zero-order chi connectivity index (χ0) is 18.3. The van der Waals surface area contributed by atoms with Crippen molar-refractivity contribution in [2.75, 3.05) is 0 Å². The van der Waals surface area contributed by atoms with E-state index in [4.69, 9.17) is 0 Å². The summed E-state index contributed by atoms with van der Waals surface area (Å²) >= 11 is 3.31. The molecule has 23 heavy (non-hydrogen) atoms. The lowest BCUT2D eigenvalue weighted by atomic mass is 10.2. The molecule has 2 rings (SSSR count). The maximum Gasteiger partial charge on any atom is 0.0175 e. The van der Waals surface area contributed by atoms with Gasteiger partial charge >= 0.3 is 0 Å². The third-order valence-electron chi connectivity index (χ3n) is 1.89. The van der Waals surface area contributed by atoms with Crippen LogP contribution in [0, 0.1) is 0 Å². The zero-order valence-electron chi connectivity index (χ0n) is 15.6. The monoisotopic (exact) mass is 376 g/mol. The molecule has 0 atom stereocenters. The average molecular weight is 377 g/mol. The molecule has 0 bridgehead atoms. The molecule has 0 aliphatic rings. The largest absolute Gasteiger partial charge is 0.103 e. The third-order valence-corrected chi connectivity index (χ3v) is 2.42. The smallest absolute Gasteiger partial charge is 0.0175 e. The second-order valence-corrected chi connectivity index (χ2v) is 4.53. The van der Waals surface area contributed by atoms with Crippen LogP contribution in [0.1, 0.15) is 47.1 Å². The molecule has 0 unspecified atom stereocenters. The third kappa shape index (κ3) is 22.8. The van der Waals surface area contributed by atoms with Crippen molar-refractivity contribution in [1.82, 2.24) is 0 Å². The Kier molecular flexibility index (Phi) is 29.0. The number of hydrogen-bond donors (Lipinski definition) is 0. The molecule has 0 nitrogen and oxygen atoms in total. The molecule has 0 spiro atoms. The molecule has 0 amide bonds. The highest BCUT2D eigenvalue weighted by Crippen LogP contribution is 2.05. The summed E-state index contributed by atoms with van der Waals surface area (Å²) in [4.78, 5) is 0. The fourth-order valence-electron chi connectivity index (χ4n) is 1.17. The molecular weight excluding hydrogens is 344 g/mol. The first-order valence-electron chi connectivity index (χ1n) is 8.20. The Labute approximate surface area is 153 Å². The summed E-state index contributed by atoms with van der Waals surface area (Å²) in [5, 5.41) is 0. The van der Waals surface area contributed by atoms with Crippen LogP contribution in [0.25, 0.3) is 6.08 Å². The lowest BCUT2D eigenvalue weighted by Crippen LogP contribution is -1.65. The SMILES string of the molecule is Brc1ccccc1.C/C=C/c1ccccc1.C=CC.CC.CC. The van der Waals surface area contributed by atoms with Gasteiger partial charge in [0, 0.05) is 4.47 Å². The minimum absolute atomic E-state index is 1.13. The number of allylic oxidation sites excluding steroid dienone is 2. The molecule has 2 aromatic carbocycles. The van der Waals surface area contributed by atoms with E-state index in [0.29, 0.717) is 0 Å². The number of rotatable bonds is 1. The predicted molar refractivity (Wildman–Crippen MR) is 114 cm³/mol. The fourth-order valence-corrected chi connectivity index (χ4v) is 1.48. The second kappa shape index (κ2) is 25.4. The molecule has 0 N–H and O–H groups in total. The van der Waals surface area contributed by atoms with Gasteiger partial charge in [-0.25, -0.2) is 0 Å². The summed E-state index contributed by atoms with van der Waals surface area (Å²) in [5.41, 5.74) is 1.26. The lowest BCUT2D eigenvalue weighted by Gasteiger charge is -1.86. The van der Waals surface area contributed by atoms with Gasteiger partial charge in [0.05, 0.1) is 0 Å². The molecule has 0 heterocycles. The van der Waals surface area contributed by atoms with Crippen molar-refractivity contribution in [2.24, 2.45) is 0 Å². The molecule has 0 aliphatic carbocycles. The number of halogens is 1. The van der Waals surface area contributed by atoms with Crippen LogP contribution in [0.15, 0.2) is 83.9 Å². The van der Waals surface area contributed by atoms with Crippen LogP contribution >= 0.6 is 15.9 Å². The van der Waals surface area contributed by atoms with Gasteiger partial charge < -0.3 is 0 Å². The summed E-state index contributed by atoms with van der Waals surface area (Å²) in [7, 11) is 0. The summed E-state index contributed by atoms with van der Waals surface area (Å²) < 4.78 is 1.13. The van der Waals surface area contributed by atoms with Gasteiger partial charge in [0.2, 0.25) is 0 Å². The van der Waals surface area contributed by atoms with Gasteiger partial charge in [-0.2, -0.15) is 0 Å². The van der Waals surface area contributed by atoms with Crippen molar-refractivity contribution in [2.45, 2.75) is 41.5 Å².